The molecule has 1 atom stereocenters. The Labute approximate surface area is 139 Å². The maximum absolute atomic E-state index is 12.5. The molecule has 0 bridgehead atoms. The summed E-state index contributed by atoms with van der Waals surface area (Å²) in [5, 5.41) is 6.45. The third kappa shape index (κ3) is 4.05. The molecule has 2 N–H and O–H groups in total. The molecule has 1 amide bonds. The first-order valence-electron chi connectivity index (χ1n) is 8.83. The molecule has 0 radical (unpaired) electrons. The highest BCUT2D eigenvalue weighted by Crippen LogP contribution is 2.58. The molecule has 4 nitrogen and oxygen atoms in total. The Hall–Kier alpha value is -1.55. The number of nitrogens with one attached hydrogen (secondary N) is 2. The van der Waals surface area contributed by atoms with E-state index in [1.807, 2.05) is 24.3 Å². The Morgan fingerprint density at radius 3 is 2.91 bits per heavy atom. The summed E-state index contributed by atoms with van der Waals surface area (Å²) in [5.74, 6) is 1.83. The van der Waals surface area contributed by atoms with E-state index in [-0.39, 0.29) is 17.2 Å². The van der Waals surface area contributed by atoms with Gasteiger partial charge in [0.05, 0.1) is 6.61 Å². The van der Waals surface area contributed by atoms with Crippen molar-refractivity contribution >= 4 is 11.6 Å². The van der Waals surface area contributed by atoms with Gasteiger partial charge in [-0.25, -0.2) is 0 Å². The van der Waals surface area contributed by atoms with Crippen LogP contribution in [0, 0.1) is 17.3 Å². The third-order valence-corrected chi connectivity index (χ3v) is 5.17. The summed E-state index contributed by atoms with van der Waals surface area (Å²) in [4.78, 5) is 12.5. The maximum atomic E-state index is 12.5. The zero-order valence-electron chi connectivity index (χ0n) is 14.2. The molecule has 1 saturated heterocycles. The lowest BCUT2D eigenvalue weighted by Crippen LogP contribution is -2.31. The Morgan fingerprint density at radius 1 is 1.39 bits per heavy atom. The molecular formula is C19H28N2O2. The molecule has 1 spiro atoms. The van der Waals surface area contributed by atoms with Crippen molar-refractivity contribution in [2.75, 3.05) is 25.0 Å². The van der Waals surface area contributed by atoms with Crippen LogP contribution in [-0.2, 0) is 4.79 Å². The van der Waals surface area contributed by atoms with Gasteiger partial charge >= 0.3 is 0 Å². The number of hydrogen-bond donors (Lipinski definition) is 2. The average molecular weight is 316 g/mol. The first-order valence-corrected chi connectivity index (χ1v) is 8.83. The summed E-state index contributed by atoms with van der Waals surface area (Å²) >= 11 is 0. The molecule has 1 aromatic carbocycles. The quantitative estimate of drug-likeness (QED) is 0.845. The van der Waals surface area contributed by atoms with Crippen molar-refractivity contribution in [3.63, 3.8) is 0 Å². The molecule has 1 aliphatic heterocycles. The van der Waals surface area contributed by atoms with Crippen molar-refractivity contribution < 1.29 is 9.53 Å². The highest BCUT2D eigenvalue weighted by Gasteiger charge is 2.57. The molecule has 3 rings (SSSR count). The topological polar surface area (TPSA) is 50.4 Å². The van der Waals surface area contributed by atoms with Gasteiger partial charge in [0.1, 0.15) is 5.75 Å². The van der Waals surface area contributed by atoms with Crippen molar-refractivity contribution in [2.45, 2.75) is 39.5 Å². The molecule has 1 unspecified atom stereocenters. The van der Waals surface area contributed by atoms with Crippen molar-refractivity contribution in [1.29, 1.82) is 0 Å². The predicted octanol–water partition coefficient (Wildman–Crippen LogP) is 3.44. The van der Waals surface area contributed by atoms with Crippen molar-refractivity contribution in [1.82, 2.24) is 5.32 Å². The number of amides is 1. The van der Waals surface area contributed by atoms with Crippen LogP contribution in [0.1, 0.15) is 39.5 Å². The lowest BCUT2D eigenvalue weighted by atomic mass is 9.92. The number of anilines is 1. The number of carbonyl (C=O) groups excluding carboxylic acids is 1. The van der Waals surface area contributed by atoms with E-state index < -0.39 is 0 Å². The second-order valence-corrected chi connectivity index (χ2v) is 7.42. The number of benzene rings is 1. The highest BCUT2D eigenvalue weighted by molar-refractivity contribution is 5.95. The summed E-state index contributed by atoms with van der Waals surface area (Å²) < 4.78 is 5.77. The van der Waals surface area contributed by atoms with Gasteiger partial charge in [-0.1, -0.05) is 19.9 Å². The zero-order valence-corrected chi connectivity index (χ0v) is 14.2. The zero-order chi connectivity index (χ0) is 16.3. The molecule has 126 valence electrons. The minimum atomic E-state index is 0.172. The molecule has 2 aliphatic rings. The van der Waals surface area contributed by atoms with Crippen LogP contribution in [0.5, 0.6) is 5.75 Å². The lowest BCUT2D eigenvalue weighted by molar-refractivity contribution is -0.118. The van der Waals surface area contributed by atoms with Gasteiger partial charge in [0.15, 0.2) is 0 Å². The van der Waals surface area contributed by atoms with E-state index in [1.54, 1.807) is 0 Å². The van der Waals surface area contributed by atoms with Gasteiger partial charge in [0.25, 0.3) is 0 Å². The summed E-state index contributed by atoms with van der Waals surface area (Å²) in [6.45, 7) is 7.18. The fraction of sp³-hybridized carbons (Fsp3) is 0.632. The normalized spacial score (nSPS) is 22.1. The average Bonchev–Trinajstić information content (AvgIpc) is 3.21. The van der Waals surface area contributed by atoms with Crippen LogP contribution in [0.25, 0.3) is 0 Å². The van der Waals surface area contributed by atoms with Gasteiger partial charge < -0.3 is 15.4 Å². The summed E-state index contributed by atoms with van der Waals surface area (Å²) in [5.41, 5.74) is 1.12. The second-order valence-electron chi connectivity index (χ2n) is 7.42. The van der Waals surface area contributed by atoms with Crippen LogP contribution in [-0.4, -0.2) is 25.6 Å². The van der Waals surface area contributed by atoms with Crippen LogP contribution in [0.4, 0.5) is 5.69 Å². The van der Waals surface area contributed by atoms with E-state index >= 15 is 0 Å². The van der Waals surface area contributed by atoms with E-state index in [2.05, 4.69) is 24.5 Å². The van der Waals surface area contributed by atoms with Crippen LogP contribution < -0.4 is 15.4 Å². The van der Waals surface area contributed by atoms with Gasteiger partial charge in [-0.3, -0.25) is 4.79 Å². The fourth-order valence-corrected chi connectivity index (χ4v) is 3.50. The Balaban J connectivity index is 1.53. The largest absolute Gasteiger partial charge is 0.494 e. The van der Waals surface area contributed by atoms with Gasteiger partial charge in [0, 0.05) is 17.7 Å². The molecular weight excluding hydrogens is 288 g/mol. The SMILES string of the molecule is CC(C)CCOc1cccc(NC(=O)C2CC23CCNCC3)c1. The smallest absolute Gasteiger partial charge is 0.228 e. The van der Waals surface area contributed by atoms with E-state index in [4.69, 9.17) is 4.74 Å². The van der Waals surface area contributed by atoms with Crippen molar-refractivity contribution in [3.8, 4) is 5.75 Å². The first-order chi connectivity index (χ1) is 11.1. The molecule has 0 aromatic heterocycles. The van der Waals surface area contributed by atoms with E-state index in [9.17, 15) is 4.79 Å². The number of carbonyl (C=O) groups is 1. The van der Waals surface area contributed by atoms with Crippen LogP contribution in [0.15, 0.2) is 24.3 Å². The molecule has 1 aliphatic carbocycles. The van der Waals surface area contributed by atoms with Crippen molar-refractivity contribution in [3.05, 3.63) is 24.3 Å². The number of ether oxygens (including phenoxy) is 1. The standard InChI is InChI=1S/C19H28N2O2/c1-14(2)6-11-23-16-5-3-4-15(12-16)21-18(22)17-13-19(17)7-9-20-10-8-19/h3-5,12,14,17,20H,6-11,13H2,1-2H3,(H,21,22). The molecule has 2 fully saturated rings. The maximum Gasteiger partial charge on any atom is 0.228 e. The van der Waals surface area contributed by atoms with E-state index in [0.717, 1.165) is 50.2 Å². The molecule has 1 aromatic rings. The van der Waals surface area contributed by atoms with Gasteiger partial charge in [-0.05, 0) is 62.2 Å². The van der Waals surface area contributed by atoms with Gasteiger partial charge in [-0.2, -0.15) is 0 Å². The van der Waals surface area contributed by atoms with Crippen LogP contribution >= 0.6 is 0 Å². The number of piperidine rings is 1. The van der Waals surface area contributed by atoms with E-state index in [0.29, 0.717) is 12.5 Å². The lowest BCUT2D eigenvalue weighted by Gasteiger charge is -2.23. The minimum absolute atomic E-state index is 0.172. The fourth-order valence-electron chi connectivity index (χ4n) is 3.50. The van der Waals surface area contributed by atoms with Gasteiger partial charge in [0.2, 0.25) is 5.91 Å². The van der Waals surface area contributed by atoms with Gasteiger partial charge in [-0.15, -0.1) is 0 Å². The molecule has 4 heteroatoms. The monoisotopic (exact) mass is 316 g/mol. The highest BCUT2D eigenvalue weighted by atomic mass is 16.5. The van der Waals surface area contributed by atoms with E-state index in [1.165, 1.54) is 0 Å². The first kappa shape index (κ1) is 16.3. The number of rotatable bonds is 6. The van der Waals surface area contributed by atoms with Crippen LogP contribution in [0.3, 0.4) is 0 Å². The summed E-state index contributed by atoms with van der Waals surface area (Å²) in [6.07, 6.45) is 4.34. The van der Waals surface area contributed by atoms with Crippen molar-refractivity contribution in [2.24, 2.45) is 17.3 Å². The summed E-state index contributed by atoms with van der Waals surface area (Å²) in [6, 6.07) is 7.75. The number of hydrogen-bond acceptors (Lipinski definition) is 3. The van der Waals surface area contributed by atoms with Crippen LogP contribution in [0.2, 0.25) is 0 Å². The minimum Gasteiger partial charge on any atom is -0.494 e. The Bertz CT molecular complexity index is 550. The summed E-state index contributed by atoms with van der Waals surface area (Å²) in [7, 11) is 0. The molecule has 23 heavy (non-hydrogen) atoms. The molecule has 1 heterocycles. The molecule has 1 saturated carbocycles. The Morgan fingerprint density at radius 2 is 2.17 bits per heavy atom. The Kier molecular flexibility index (Phi) is 4.90. The second kappa shape index (κ2) is 6.91. The third-order valence-electron chi connectivity index (χ3n) is 5.17. The predicted molar refractivity (Wildman–Crippen MR) is 92.7 cm³/mol.